The normalized spacial score (nSPS) is 14.1. The summed E-state index contributed by atoms with van der Waals surface area (Å²) in [5.41, 5.74) is 22.7. The van der Waals surface area contributed by atoms with E-state index in [2.05, 4.69) is 293 Å². The number of anilines is 3. The van der Waals surface area contributed by atoms with Crippen LogP contribution in [0.2, 0.25) is 0 Å². The van der Waals surface area contributed by atoms with E-state index in [0.29, 0.717) is 0 Å². The van der Waals surface area contributed by atoms with Crippen LogP contribution >= 0.6 is 0 Å². The molecule has 1 aliphatic carbocycles. The quantitative estimate of drug-likeness (QED) is 0.136. The topological polar surface area (TPSA) is 17.4 Å². The number of nitrogens with zero attached hydrogens (tertiary/aromatic N) is 2. The highest BCUT2D eigenvalue weighted by Gasteiger charge is 2.38. The number of fused-ring (bicyclic) bond motifs is 6. The summed E-state index contributed by atoms with van der Waals surface area (Å²) < 4.78 is 9.81. The van der Waals surface area contributed by atoms with Crippen LogP contribution in [0.25, 0.3) is 77.6 Å². The summed E-state index contributed by atoms with van der Waals surface area (Å²) in [7, 11) is 0. The first-order chi connectivity index (χ1) is 37.1. The van der Waals surface area contributed by atoms with Gasteiger partial charge >= 0.3 is 0 Å². The molecule has 2 aliphatic rings. The fraction of sp³-hybridized carbons (Fsp3) is 0.0959. The average molecular weight is 979 g/mol. The lowest BCUT2D eigenvalue weighted by molar-refractivity contribution is 0.421. The highest BCUT2D eigenvalue weighted by molar-refractivity contribution is 6.13. The predicted molar refractivity (Wildman–Crippen MR) is 321 cm³/mol. The second-order valence-corrected chi connectivity index (χ2v) is 21.3. The van der Waals surface area contributed by atoms with Gasteiger partial charge in [-0.25, -0.2) is 0 Å². The maximum Gasteiger partial charge on any atom is 0.139 e. The first kappa shape index (κ1) is 46.6. The van der Waals surface area contributed by atoms with Crippen LogP contribution < -0.4 is 9.64 Å². The van der Waals surface area contributed by atoms with Gasteiger partial charge in [0.2, 0.25) is 0 Å². The maximum atomic E-state index is 7.38. The monoisotopic (exact) mass is 978 g/mol. The largest absolute Gasteiger partial charge is 0.455 e. The minimum absolute atomic E-state index is 0.195. The van der Waals surface area contributed by atoms with Crippen molar-refractivity contribution < 1.29 is 4.74 Å². The molecule has 1 aromatic heterocycles. The molecule has 76 heavy (non-hydrogen) atoms. The van der Waals surface area contributed by atoms with E-state index in [-0.39, 0.29) is 10.8 Å². The maximum absolute atomic E-state index is 7.38. The minimum atomic E-state index is -0.345. The zero-order chi connectivity index (χ0) is 51.7. The van der Waals surface area contributed by atoms with Crippen molar-refractivity contribution in [1.29, 1.82) is 0 Å². The van der Waals surface area contributed by atoms with Gasteiger partial charge in [-0.05, 0) is 135 Å². The molecule has 0 bridgehead atoms. The SMILES string of the molecule is C=CC1=C(/C=C\C)c2cc3c4cc(-c5cccc6c5Oc5c(-c7ccc(N(c8ccc(-c9ccccc9)cc8)c8ccc(-c9ccccc9)cc8)cc7)cccc5C6(C)C)ccc4n(-c4ccccc4)c3cc2C1(C)C. The van der Waals surface area contributed by atoms with E-state index in [0.717, 1.165) is 56.5 Å². The van der Waals surface area contributed by atoms with Crippen molar-refractivity contribution in [3.63, 3.8) is 0 Å². The van der Waals surface area contributed by atoms with Gasteiger partial charge in [-0.15, -0.1) is 0 Å². The van der Waals surface area contributed by atoms with Crippen LogP contribution in [0.15, 0.2) is 261 Å². The Labute approximate surface area is 446 Å². The zero-order valence-electron chi connectivity index (χ0n) is 43.7. The Morgan fingerprint density at radius 3 is 1.42 bits per heavy atom. The highest BCUT2D eigenvalue weighted by atomic mass is 16.5. The molecule has 366 valence electrons. The van der Waals surface area contributed by atoms with Gasteiger partial charge in [0.25, 0.3) is 0 Å². The van der Waals surface area contributed by atoms with E-state index >= 15 is 0 Å². The predicted octanol–water partition coefficient (Wildman–Crippen LogP) is 20.2. The van der Waals surface area contributed by atoms with Crippen LogP contribution in [0, 0.1) is 0 Å². The fourth-order valence-electron chi connectivity index (χ4n) is 12.3. The lowest BCUT2D eigenvalue weighted by Gasteiger charge is -2.36. The van der Waals surface area contributed by atoms with Crippen molar-refractivity contribution in [3.05, 3.63) is 283 Å². The van der Waals surface area contributed by atoms with E-state index in [1.54, 1.807) is 0 Å². The van der Waals surface area contributed by atoms with E-state index in [1.807, 2.05) is 6.08 Å². The van der Waals surface area contributed by atoms with Gasteiger partial charge in [0, 0.05) is 66.6 Å². The Morgan fingerprint density at radius 1 is 0.421 bits per heavy atom. The molecule has 3 nitrogen and oxygen atoms in total. The third-order valence-electron chi connectivity index (χ3n) is 16.2. The summed E-state index contributed by atoms with van der Waals surface area (Å²) in [4.78, 5) is 2.34. The number of para-hydroxylation sites is 3. The molecule has 0 saturated carbocycles. The third kappa shape index (κ3) is 7.56. The van der Waals surface area contributed by atoms with E-state index in [1.165, 1.54) is 77.5 Å². The van der Waals surface area contributed by atoms with Gasteiger partial charge in [0.1, 0.15) is 11.5 Å². The van der Waals surface area contributed by atoms with Crippen LogP contribution in [0.1, 0.15) is 56.9 Å². The van der Waals surface area contributed by atoms with E-state index < -0.39 is 0 Å². The molecule has 0 atom stereocenters. The average Bonchev–Trinajstić information content (AvgIpc) is 4.02. The molecule has 10 aromatic carbocycles. The van der Waals surface area contributed by atoms with Crippen LogP contribution in [-0.4, -0.2) is 4.57 Å². The molecule has 0 spiro atoms. The van der Waals surface area contributed by atoms with Gasteiger partial charge in [-0.2, -0.15) is 0 Å². The molecule has 0 amide bonds. The van der Waals surface area contributed by atoms with Crippen molar-refractivity contribution in [2.75, 3.05) is 4.90 Å². The van der Waals surface area contributed by atoms with E-state index in [9.17, 15) is 0 Å². The number of benzene rings is 10. The summed E-state index contributed by atoms with van der Waals surface area (Å²) >= 11 is 0. The molecule has 2 heterocycles. The van der Waals surface area contributed by atoms with Crippen LogP contribution in [0.4, 0.5) is 17.1 Å². The molecule has 0 saturated heterocycles. The second-order valence-electron chi connectivity index (χ2n) is 21.3. The first-order valence-corrected chi connectivity index (χ1v) is 26.5. The summed E-state index contributed by atoms with van der Waals surface area (Å²) in [6, 6.07) is 83.8. The minimum Gasteiger partial charge on any atom is -0.455 e. The lowest BCUT2D eigenvalue weighted by Crippen LogP contribution is -2.25. The van der Waals surface area contributed by atoms with Gasteiger partial charge in [-0.1, -0.05) is 210 Å². The summed E-state index contributed by atoms with van der Waals surface area (Å²) in [5.74, 6) is 1.79. The van der Waals surface area contributed by atoms with Crippen molar-refractivity contribution in [1.82, 2.24) is 4.57 Å². The van der Waals surface area contributed by atoms with E-state index in [4.69, 9.17) is 4.74 Å². The second kappa shape index (κ2) is 18.3. The number of aromatic nitrogens is 1. The van der Waals surface area contributed by atoms with Crippen molar-refractivity contribution in [3.8, 4) is 61.7 Å². The smallest absolute Gasteiger partial charge is 0.139 e. The Bertz CT molecular complexity index is 4020. The van der Waals surface area contributed by atoms with Crippen LogP contribution in [0.3, 0.4) is 0 Å². The van der Waals surface area contributed by atoms with Gasteiger partial charge in [-0.3, -0.25) is 0 Å². The molecule has 0 fully saturated rings. The Hall–Kier alpha value is -9.18. The van der Waals surface area contributed by atoms with Crippen molar-refractivity contribution in [2.24, 2.45) is 0 Å². The number of ether oxygens (including phenoxy) is 1. The fourth-order valence-corrected chi connectivity index (χ4v) is 12.3. The van der Waals surface area contributed by atoms with Gasteiger partial charge < -0.3 is 14.2 Å². The molecule has 1 aliphatic heterocycles. The molecular formula is C73H58N2O. The molecule has 11 aromatic rings. The van der Waals surface area contributed by atoms with Gasteiger partial charge in [0.05, 0.1) is 11.0 Å². The molecule has 0 radical (unpaired) electrons. The number of hydrogen-bond acceptors (Lipinski definition) is 2. The number of allylic oxidation sites excluding steroid dienone is 5. The Kier molecular flexibility index (Phi) is 11.2. The number of hydrogen-bond donors (Lipinski definition) is 0. The Morgan fingerprint density at radius 2 is 0.895 bits per heavy atom. The number of rotatable bonds is 10. The van der Waals surface area contributed by atoms with Crippen molar-refractivity contribution in [2.45, 2.75) is 45.4 Å². The van der Waals surface area contributed by atoms with Crippen molar-refractivity contribution >= 4 is 44.4 Å². The zero-order valence-corrected chi connectivity index (χ0v) is 43.7. The molecule has 13 rings (SSSR count). The highest BCUT2D eigenvalue weighted by Crippen LogP contribution is 2.55. The standard InChI is InChI=1S/C73H58N2O/c1-7-20-60-61-46-63-62-45-53(37-44-68(62)75(54-25-16-11-17-26-54)69(63)47-67(61)72(3,4)64(60)8-2)59-28-19-30-66-71(59)76-70-58(27-18-29-65(70)73(66,5)6)52-35-42-57(43-36-52)74(55-38-31-50(32-39-55)48-21-12-9-13-22-48)56-40-33-51(34-41-56)49-23-14-10-15-24-49/h7-47H,2H2,1,3-6H3/b20-7-. The van der Waals surface area contributed by atoms with Crippen LogP contribution in [-0.2, 0) is 10.8 Å². The summed E-state index contributed by atoms with van der Waals surface area (Å²) in [6.45, 7) is 15.7. The summed E-state index contributed by atoms with van der Waals surface area (Å²) in [6.07, 6.45) is 6.45. The lowest BCUT2D eigenvalue weighted by atomic mass is 9.74. The molecular weight excluding hydrogens is 921 g/mol. The molecule has 0 unspecified atom stereocenters. The van der Waals surface area contributed by atoms with Gasteiger partial charge in [0.15, 0.2) is 0 Å². The van der Waals surface area contributed by atoms with Crippen LogP contribution in [0.5, 0.6) is 11.5 Å². The molecule has 0 N–H and O–H groups in total. The third-order valence-corrected chi connectivity index (χ3v) is 16.2. The summed E-state index contributed by atoms with van der Waals surface area (Å²) in [5, 5.41) is 2.42. The molecule has 3 heteroatoms. The Balaban J connectivity index is 0.901. The first-order valence-electron chi connectivity index (χ1n) is 26.5.